The Kier molecular flexibility index (Phi) is 4.32. The lowest BCUT2D eigenvalue weighted by molar-refractivity contribution is -0.145. The summed E-state index contributed by atoms with van der Waals surface area (Å²) in [5, 5.41) is 14.7. The molecule has 1 aromatic heterocycles. The molecule has 20 heavy (non-hydrogen) atoms. The number of hydrogen-bond acceptors (Lipinski definition) is 3. The van der Waals surface area contributed by atoms with Crippen molar-refractivity contribution in [1.29, 1.82) is 0 Å². The second kappa shape index (κ2) is 5.98. The smallest absolute Gasteiger partial charge is 0.329 e. The first-order chi connectivity index (χ1) is 9.53. The number of urea groups is 1. The number of aliphatic carboxylic acids is 1. The molecule has 0 saturated heterocycles. The zero-order valence-electron chi connectivity index (χ0n) is 11.5. The fourth-order valence-corrected chi connectivity index (χ4v) is 2.61. The molecule has 1 saturated carbocycles. The lowest BCUT2D eigenvalue weighted by Crippen LogP contribution is -2.58. The fraction of sp³-hybridized carbons (Fsp3) is 0.571. The molecule has 0 spiro atoms. The Balaban J connectivity index is 1.97. The van der Waals surface area contributed by atoms with Crippen LogP contribution in [0.15, 0.2) is 22.8 Å². The van der Waals surface area contributed by atoms with Crippen molar-refractivity contribution in [3.63, 3.8) is 0 Å². The standard InChI is InChI=1S/C14H20N2O4/c1-10(11-6-5-9-20-11)15-13(19)16-14(12(17)18)7-3-2-4-8-14/h5-6,9-10H,2-4,7-8H2,1H3,(H,17,18)(H2,15,16,19). The second-order valence-corrected chi connectivity index (χ2v) is 5.28. The van der Waals surface area contributed by atoms with Gasteiger partial charge in [-0.05, 0) is 31.9 Å². The number of nitrogens with one attached hydrogen (secondary N) is 2. The monoisotopic (exact) mass is 280 g/mol. The third kappa shape index (κ3) is 3.12. The van der Waals surface area contributed by atoms with Gasteiger partial charge in [0.15, 0.2) is 0 Å². The first kappa shape index (κ1) is 14.4. The normalized spacial score (nSPS) is 19.1. The Morgan fingerprint density at radius 2 is 2.05 bits per heavy atom. The van der Waals surface area contributed by atoms with Crippen LogP contribution < -0.4 is 10.6 Å². The van der Waals surface area contributed by atoms with Gasteiger partial charge in [-0.25, -0.2) is 9.59 Å². The topological polar surface area (TPSA) is 91.6 Å². The third-order valence-electron chi connectivity index (χ3n) is 3.79. The predicted molar refractivity (Wildman–Crippen MR) is 72.2 cm³/mol. The van der Waals surface area contributed by atoms with Crippen molar-refractivity contribution < 1.29 is 19.1 Å². The lowest BCUT2D eigenvalue weighted by Gasteiger charge is -2.34. The van der Waals surface area contributed by atoms with Gasteiger partial charge >= 0.3 is 12.0 Å². The Bertz CT molecular complexity index is 464. The van der Waals surface area contributed by atoms with Crippen LogP contribution in [0.3, 0.4) is 0 Å². The second-order valence-electron chi connectivity index (χ2n) is 5.28. The van der Waals surface area contributed by atoms with Gasteiger partial charge in [-0.15, -0.1) is 0 Å². The number of amides is 2. The molecule has 2 amide bonds. The van der Waals surface area contributed by atoms with Crippen molar-refractivity contribution >= 4 is 12.0 Å². The van der Waals surface area contributed by atoms with Gasteiger partial charge in [0.1, 0.15) is 11.3 Å². The molecule has 0 radical (unpaired) electrons. The van der Waals surface area contributed by atoms with E-state index in [1.807, 2.05) is 0 Å². The van der Waals surface area contributed by atoms with Gasteiger partial charge in [-0.2, -0.15) is 0 Å². The highest BCUT2D eigenvalue weighted by Gasteiger charge is 2.41. The van der Waals surface area contributed by atoms with E-state index in [1.54, 1.807) is 19.1 Å². The maximum Gasteiger partial charge on any atom is 0.329 e. The summed E-state index contributed by atoms with van der Waals surface area (Å²) in [6.07, 6.45) is 5.14. The maximum atomic E-state index is 12.0. The van der Waals surface area contributed by atoms with Crippen molar-refractivity contribution in [1.82, 2.24) is 10.6 Å². The van der Waals surface area contributed by atoms with Gasteiger partial charge in [0.2, 0.25) is 0 Å². The Hall–Kier alpha value is -1.98. The summed E-state index contributed by atoms with van der Waals surface area (Å²) in [7, 11) is 0. The van der Waals surface area contributed by atoms with Gasteiger partial charge in [0.25, 0.3) is 0 Å². The first-order valence-corrected chi connectivity index (χ1v) is 6.89. The molecule has 1 aliphatic rings. The van der Waals surface area contributed by atoms with Gasteiger partial charge in [-0.1, -0.05) is 19.3 Å². The molecule has 0 aromatic carbocycles. The third-order valence-corrected chi connectivity index (χ3v) is 3.79. The van der Waals surface area contributed by atoms with Crippen molar-refractivity contribution in [3.05, 3.63) is 24.2 Å². The molecule has 0 bridgehead atoms. The minimum atomic E-state index is -1.13. The molecule has 1 aromatic rings. The van der Waals surface area contributed by atoms with E-state index in [1.165, 1.54) is 6.26 Å². The quantitative estimate of drug-likeness (QED) is 0.789. The van der Waals surface area contributed by atoms with E-state index in [-0.39, 0.29) is 6.04 Å². The lowest BCUT2D eigenvalue weighted by atomic mass is 9.82. The molecule has 0 aliphatic heterocycles. The molecule has 1 unspecified atom stereocenters. The van der Waals surface area contributed by atoms with E-state index in [0.29, 0.717) is 18.6 Å². The number of carbonyl (C=O) groups is 2. The number of furan rings is 1. The minimum Gasteiger partial charge on any atom is -0.480 e. The van der Waals surface area contributed by atoms with Crippen LogP contribution in [0.25, 0.3) is 0 Å². The van der Waals surface area contributed by atoms with E-state index in [0.717, 1.165) is 19.3 Å². The van der Waals surface area contributed by atoms with Crippen molar-refractivity contribution in [2.75, 3.05) is 0 Å². The van der Waals surface area contributed by atoms with Crippen LogP contribution in [0.4, 0.5) is 4.79 Å². The Morgan fingerprint density at radius 1 is 1.35 bits per heavy atom. The number of hydrogen-bond donors (Lipinski definition) is 3. The average molecular weight is 280 g/mol. The van der Waals surface area contributed by atoms with Crippen LogP contribution >= 0.6 is 0 Å². The summed E-state index contributed by atoms with van der Waals surface area (Å²) in [5.74, 6) is -0.328. The molecule has 1 heterocycles. The number of carboxylic acids is 1. The van der Waals surface area contributed by atoms with E-state index >= 15 is 0 Å². The Labute approximate surface area is 117 Å². The minimum absolute atomic E-state index is 0.306. The summed E-state index contributed by atoms with van der Waals surface area (Å²) in [6, 6.07) is 2.72. The van der Waals surface area contributed by atoms with Gasteiger partial charge in [0, 0.05) is 0 Å². The number of carboxylic acid groups (broad SMARTS) is 1. The fourth-order valence-electron chi connectivity index (χ4n) is 2.61. The summed E-state index contributed by atoms with van der Waals surface area (Å²) < 4.78 is 5.20. The number of carbonyl (C=O) groups excluding carboxylic acids is 1. The van der Waals surface area contributed by atoms with Crippen LogP contribution in [0.1, 0.15) is 50.8 Å². The largest absolute Gasteiger partial charge is 0.480 e. The molecule has 110 valence electrons. The van der Waals surface area contributed by atoms with Crippen LogP contribution in [0, 0.1) is 0 Å². The van der Waals surface area contributed by atoms with E-state index < -0.39 is 17.5 Å². The highest BCUT2D eigenvalue weighted by atomic mass is 16.4. The first-order valence-electron chi connectivity index (χ1n) is 6.89. The van der Waals surface area contributed by atoms with E-state index in [2.05, 4.69) is 10.6 Å². The maximum absolute atomic E-state index is 12.0. The molecule has 3 N–H and O–H groups in total. The van der Waals surface area contributed by atoms with Crippen molar-refractivity contribution in [2.45, 2.75) is 50.6 Å². The molecular formula is C14H20N2O4. The van der Waals surface area contributed by atoms with Crippen LogP contribution in [-0.4, -0.2) is 22.6 Å². The predicted octanol–water partition coefficient (Wildman–Crippen LogP) is 2.43. The van der Waals surface area contributed by atoms with Crippen molar-refractivity contribution in [2.24, 2.45) is 0 Å². The molecule has 6 heteroatoms. The molecular weight excluding hydrogens is 260 g/mol. The zero-order chi connectivity index (χ0) is 14.6. The summed E-state index contributed by atoms with van der Waals surface area (Å²) in [4.78, 5) is 23.5. The highest BCUT2D eigenvalue weighted by Crippen LogP contribution is 2.28. The molecule has 1 fully saturated rings. The van der Waals surface area contributed by atoms with E-state index in [9.17, 15) is 14.7 Å². The summed E-state index contributed by atoms with van der Waals surface area (Å²) >= 11 is 0. The zero-order valence-corrected chi connectivity index (χ0v) is 11.5. The highest BCUT2D eigenvalue weighted by molar-refractivity contribution is 5.86. The molecule has 2 rings (SSSR count). The molecule has 1 atom stereocenters. The van der Waals surface area contributed by atoms with Crippen LogP contribution in [-0.2, 0) is 4.79 Å². The van der Waals surface area contributed by atoms with E-state index in [4.69, 9.17) is 4.42 Å². The van der Waals surface area contributed by atoms with Gasteiger partial charge < -0.3 is 20.2 Å². The molecule has 6 nitrogen and oxygen atoms in total. The van der Waals surface area contributed by atoms with Crippen LogP contribution in [0.2, 0.25) is 0 Å². The number of rotatable bonds is 4. The van der Waals surface area contributed by atoms with Crippen molar-refractivity contribution in [3.8, 4) is 0 Å². The average Bonchev–Trinajstić information content (AvgIpc) is 2.93. The summed E-state index contributed by atoms with van der Waals surface area (Å²) in [5.41, 5.74) is -1.13. The summed E-state index contributed by atoms with van der Waals surface area (Å²) in [6.45, 7) is 1.78. The van der Waals surface area contributed by atoms with Crippen LogP contribution in [0.5, 0.6) is 0 Å². The Morgan fingerprint density at radius 3 is 2.60 bits per heavy atom. The molecule has 1 aliphatic carbocycles. The van der Waals surface area contributed by atoms with Gasteiger partial charge in [-0.3, -0.25) is 0 Å². The SMILES string of the molecule is CC(NC(=O)NC1(C(=O)O)CCCCC1)c1ccco1. The van der Waals surface area contributed by atoms with Gasteiger partial charge in [0.05, 0.1) is 12.3 Å².